The number of ether oxygens (including phenoxy) is 1. The molecule has 0 aliphatic carbocycles. The van der Waals surface area contributed by atoms with E-state index in [1.165, 1.54) is 27.6 Å². The number of pyridine rings is 1. The van der Waals surface area contributed by atoms with Crippen LogP contribution in [0, 0.1) is 20.8 Å². The van der Waals surface area contributed by atoms with Gasteiger partial charge in [0, 0.05) is 35.0 Å². The number of aromatic nitrogens is 1. The van der Waals surface area contributed by atoms with Gasteiger partial charge in [-0.15, -0.1) is 0 Å². The van der Waals surface area contributed by atoms with Gasteiger partial charge < -0.3 is 9.64 Å². The molecule has 148 valence electrons. The van der Waals surface area contributed by atoms with Gasteiger partial charge in [0.25, 0.3) is 0 Å². The number of fused-ring (bicyclic) bond motifs is 1. The molecule has 28 heavy (non-hydrogen) atoms. The van der Waals surface area contributed by atoms with E-state index in [1.807, 2.05) is 6.07 Å². The van der Waals surface area contributed by atoms with E-state index in [2.05, 4.69) is 69.9 Å². The lowest BCUT2D eigenvalue weighted by Crippen LogP contribution is -2.26. The van der Waals surface area contributed by atoms with Gasteiger partial charge in [0.2, 0.25) is 0 Å². The van der Waals surface area contributed by atoms with Crippen LogP contribution in [0.4, 0.5) is 5.69 Å². The second-order valence-electron chi connectivity index (χ2n) is 7.51. The average Bonchev–Trinajstić information content (AvgIpc) is 2.68. The summed E-state index contributed by atoms with van der Waals surface area (Å²) >= 11 is 0. The zero-order valence-corrected chi connectivity index (χ0v) is 18.1. The quantitative estimate of drug-likeness (QED) is 0.473. The molecule has 0 saturated heterocycles. The molecule has 0 N–H and O–H groups in total. The molecule has 0 aliphatic heterocycles. The third-order valence-corrected chi connectivity index (χ3v) is 5.44. The SMILES string of the molecule is CCCN(CCC)c1c(C)nc(-c2c(C)ccc(OC)c2C)c2ccccc12. The Labute approximate surface area is 169 Å². The lowest BCUT2D eigenvalue weighted by Gasteiger charge is -2.28. The van der Waals surface area contributed by atoms with E-state index in [0.29, 0.717) is 0 Å². The maximum absolute atomic E-state index is 5.59. The van der Waals surface area contributed by atoms with E-state index in [1.54, 1.807) is 7.11 Å². The summed E-state index contributed by atoms with van der Waals surface area (Å²) in [6.07, 6.45) is 2.26. The Morgan fingerprint density at radius 2 is 1.54 bits per heavy atom. The summed E-state index contributed by atoms with van der Waals surface area (Å²) in [6.45, 7) is 13.0. The van der Waals surface area contributed by atoms with Gasteiger partial charge in [-0.3, -0.25) is 4.98 Å². The van der Waals surface area contributed by atoms with Crippen molar-refractivity contribution in [3.63, 3.8) is 0 Å². The molecular weight excluding hydrogens is 344 g/mol. The van der Waals surface area contributed by atoms with Crippen LogP contribution in [0.2, 0.25) is 0 Å². The van der Waals surface area contributed by atoms with Crippen molar-refractivity contribution in [1.82, 2.24) is 4.98 Å². The van der Waals surface area contributed by atoms with Crippen molar-refractivity contribution in [3.8, 4) is 17.0 Å². The van der Waals surface area contributed by atoms with Crippen molar-refractivity contribution in [2.75, 3.05) is 25.1 Å². The highest BCUT2D eigenvalue weighted by molar-refractivity contribution is 6.03. The zero-order chi connectivity index (χ0) is 20.3. The van der Waals surface area contributed by atoms with Crippen molar-refractivity contribution in [3.05, 3.63) is 53.2 Å². The Hall–Kier alpha value is -2.55. The van der Waals surface area contributed by atoms with Crippen molar-refractivity contribution in [2.24, 2.45) is 0 Å². The summed E-state index contributed by atoms with van der Waals surface area (Å²) in [4.78, 5) is 7.66. The molecule has 0 bridgehead atoms. The minimum Gasteiger partial charge on any atom is -0.496 e. The number of nitrogens with zero attached hydrogens (tertiary/aromatic N) is 2. The van der Waals surface area contributed by atoms with E-state index in [4.69, 9.17) is 9.72 Å². The monoisotopic (exact) mass is 376 g/mol. The molecule has 0 aliphatic rings. The van der Waals surface area contributed by atoms with Crippen LogP contribution in [0.3, 0.4) is 0 Å². The molecule has 1 heterocycles. The molecule has 0 amide bonds. The normalized spacial score (nSPS) is 11.1. The molecular formula is C25H32N2O. The zero-order valence-electron chi connectivity index (χ0n) is 18.1. The number of aryl methyl sites for hydroxylation is 2. The topological polar surface area (TPSA) is 25.4 Å². The number of rotatable bonds is 7. The summed E-state index contributed by atoms with van der Waals surface area (Å²) in [5.74, 6) is 0.909. The maximum Gasteiger partial charge on any atom is 0.122 e. The van der Waals surface area contributed by atoms with Crippen LogP contribution in [0.25, 0.3) is 22.0 Å². The van der Waals surface area contributed by atoms with Crippen molar-refractivity contribution >= 4 is 16.5 Å². The second kappa shape index (κ2) is 8.64. The molecule has 1 aromatic heterocycles. The molecule has 0 spiro atoms. The van der Waals surface area contributed by atoms with E-state index in [0.717, 1.165) is 48.6 Å². The fraction of sp³-hybridized carbons (Fsp3) is 0.400. The van der Waals surface area contributed by atoms with E-state index < -0.39 is 0 Å². The molecule has 3 nitrogen and oxygen atoms in total. The van der Waals surface area contributed by atoms with E-state index in [-0.39, 0.29) is 0 Å². The minimum absolute atomic E-state index is 0.909. The molecule has 0 radical (unpaired) electrons. The molecule has 0 atom stereocenters. The maximum atomic E-state index is 5.59. The number of hydrogen-bond acceptors (Lipinski definition) is 3. The van der Waals surface area contributed by atoms with Crippen molar-refractivity contribution in [1.29, 1.82) is 0 Å². The number of hydrogen-bond donors (Lipinski definition) is 0. The van der Waals surface area contributed by atoms with Gasteiger partial charge in [-0.1, -0.05) is 44.2 Å². The van der Waals surface area contributed by atoms with Gasteiger partial charge in [-0.05, 0) is 45.2 Å². The minimum atomic E-state index is 0.909. The van der Waals surface area contributed by atoms with Gasteiger partial charge in [0.05, 0.1) is 24.2 Å². The van der Waals surface area contributed by atoms with Crippen molar-refractivity contribution in [2.45, 2.75) is 47.5 Å². The Kier molecular flexibility index (Phi) is 6.23. The number of anilines is 1. The summed E-state index contributed by atoms with van der Waals surface area (Å²) in [5, 5.41) is 2.49. The third kappa shape index (κ3) is 3.58. The first kappa shape index (κ1) is 20.2. The van der Waals surface area contributed by atoms with E-state index in [9.17, 15) is 0 Å². The molecule has 2 aromatic carbocycles. The standard InChI is InChI=1S/C25H32N2O/c1-7-15-27(16-8-2)25-19(5)26-24(20-11-9-10-12-21(20)25)23-17(3)13-14-22(28-6)18(23)4/h9-14H,7-8,15-16H2,1-6H3. The van der Waals surface area contributed by atoms with Gasteiger partial charge in [0.15, 0.2) is 0 Å². The first-order chi connectivity index (χ1) is 13.5. The summed E-state index contributed by atoms with van der Waals surface area (Å²) in [6, 6.07) is 12.9. The van der Waals surface area contributed by atoms with Gasteiger partial charge in [-0.2, -0.15) is 0 Å². The number of methoxy groups -OCH3 is 1. The van der Waals surface area contributed by atoms with Gasteiger partial charge >= 0.3 is 0 Å². The van der Waals surface area contributed by atoms with Crippen LogP contribution in [0.5, 0.6) is 5.75 Å². The molecule has 3 aromatic rings. The fourth-order valence-corrected chi connectivity index (χ4v) is 4.25. The van der Waals surface area contributed by atoms with Crippen LogP contribution in [-0.4, -0.2) is 25.2 Å². The van der Waals surface area contributed by atoms with Gasteiger partial charge in [-0.25, -0.2) is 0 Å². The highest BCUT2D eigenvalue weighted by atomic mass is 16.5. The molecule has 3 heteroatoms. The number of benzene rings is 2. The summed E-state index contributed by atoms with van der Waals surface area (Å²) < 4.78 is 5.59. The van der Waals surface area contributed by atoms with Crippen LogP contribution < -0.4 is 9.64 Å². The predicted molar refractivity (Wildman–Crippen MR) is 121 cm³/mol. The van der Waals surface area contributed by atoms with Crippen molar-refractivity contribution < 1.29 is 4.74 Å². The van der Waals surface area contributed by atoms with Crippen LogP contribution in [-0.2, 0) is 0 Å². The molecule has 0 saturated carbocycles. The lowest BCUT2D eigenvalue weighted by atomic mass is 9.94. The smallest absolute Gasteiger partial charge is 0.122 e. The summed E-state index contributed by atoms with van der Waals surface area (Å²) in [7, 11) is 1.73. The summed E-state index contributed by atoms with van der Waals surface area (Å²) in [5.41, 5.74) is 6.98. The predicted octanol–water partition coefficient (Wildman–Crippen LogP) is 6.46. The average molecular weight is 377 g/mol. The lowest BCUT2D eigenvalue weighted by molar-refractivity contribution is 0.412. The second-order valence-corrected chi connectivity index (χ2v) is 7.51. The van der Waals surface area contributed by atoms with Gasteiger partial charge in [0.1, 0.15) is 5.75 Å². The van der Waals surface area contributed by atoms with Crippen LogP contribution in [0.1, 0.15) is 43.5 Å². The first-order valence-corrected chi connectivity index (χ1v) is 10.3. The molecule has 3 rings (SSSR count). The third-order valence-electron chi connectivity index (χ3n) is 5.44. The largest absolute Gasteiger partial charge is 0.496 e. The Morgan fingerprint density at radius 1 is 0.893 bits per heavy atom. The van der Waals surface area contributed by atoms with Crippen LogP contribution >= 0.6 is 0 Å². The highest BCUT2D eigenvalue weighted by Gasteiger charge is 2.20. The van der Waals surface area contributed by atoms with E-state index >= 15 is 0 Å². The van der Waals surface area contributed by atoms with Crippen LogP contribution in [0.15, 0.2) is 36.4 Å². The Balaban J connectivity index is 2.33. The molecule has 0 fully saturated rings. The first-order valence-electron chi connectivity index (χ1n) is 10.3. The molecule has 0 unspecified atom stereocenters. The highest BCUT2D eigenvalue weighted by Crippen LogP contribution is 2.40. The Bertz CT molecular complexity index is 972. The Morgan fingerprint density at radius 3 is 2.14 bits per heavy atom. The fourth-order valence-electron chi connectivity index (χ4n) is 4.25.